The molecule has 0 saturated carbocycles. The first-order valence-corrected chi connectivity index (χ1v) is 6.57. The van der Waals surface area contributed by atoms with Crippen molar-refractivity contribution in [3.05, 3.63) is 52.8 Å². The van der Waals surface area contributed by atoms with E-state index in [4.69, 9.17) is 10.3 Å². The SMILES string of the molecule is Nc1ccc(-c2nc(-c3cc(F)cc(Br)c3)no2)cc1. The van der Waals surface area contributed by atoms with E-state index in [2.05, 4.69) is 26.1 Å². The molecule has 0 fully saturated rings. The highest BCUT2D eigenvalue weighted by Gasteiger charge is 2.11. The van der Waals surface area contributed by atoms with Crippen LogP contribution in [0.4, 0.5) is 10.1 Å². The van der Waals surface area contributed by atoms with Crippen LogP contribution in [0.3, 0.4) is 0 Å². The molecule has 2 aromatic carbocycles. The molecule has 3 rings (SSSR count). The number of aromatic nitrogens is 2. The van der Waals surface area contributed by atoms with E-state index in [1.165, 1.54) is 12.1 Å². The smallest absolute Gasteiger partial charge is 0.258 e. The molecule has 0 bridgehead atoms. The van der Waals surface area contributed by atoms with Crippen LogP contribution in [-0.4, -0.2) is 10.1 Å². The van der Waals surface area contributed by atoms with Crippen LogP contribution in [0, 0.1) is 5.82 Å². The number of hydrogen-bond donors (Lipinski definition) is 1. The molecule has 6 heteroatoms. The van der Waals surface area contributed by atoms with Crippen molar-refractivity contribution in [2.45, 2.75) is 0 Å². The highest BCUT2D eigenvalue weighted by Crippen LogP contribution is 2.25. The maximum atomic E-state index is 13.4. The van der Waals surface area contributed by atoms with E-state index in [0.717, 1.165) is 5.56 Å². The molecule has 0 aliphatic carbocycles. The average Bonchev–Trinajstić information content (AvgIpc) is 2.88. The van der Waals surface area contributed by atoms with Crippen LogP contribution in [0.15, 0.2) is 51.5 Å². The molecule has 0 spiro atoms. The third-order valence-corrected chi connectivity index (χ3v) is 3.16. The summed E-state index contributed by atoms with van der Waals surface area (Å²) in [5.41, 5.74) is 7.58. The Balaban J connectivity index is 1.99. The lowest BCUT2D eigenvalue weighted by molar-refractivity contribution is 0.432. The van der Waals surface area contributed by atoms with Gasteiger partial charge in [-0.3, -0.25) is 0 Å². The summed E-state index contributed by atoms with van der Waals surface area (Å²) in [6.07, 6.45) is 0. The predicted molar refractivity (Wildman–Crippen MR) is 77.2 cm³/mol. The van der Waals surface area contributed by atoms with Gasteiger partial charge < -0.3 is 10.3 Å². The van der Waals surface area contributed by atoms with Crippen LogP contribution in [-0.2, 0) is 0 Å². The van der Waals surface area contributed by atoms with Crippen LogP contribution in [0.25, 0.3) is 22.8 Å². The van der Waals surface area contributed by atoms with E-state index < -0.39 is 0 Å². The minimum Gasteiger partial charge on any atom is -0.399 e. The van der Waals surface area contributed by atoms with Crippen molar-refractivity contribution in [3.8, 4) is 22.8 Å². The molecular formula is C14H9BrFN3O. The maximum Gasteiger partial charge on any atom is 0.258 e. The topological polar surface area (TPSA) is 64.9 Å². The van der Waals surface area contributed by atoms with Gasteiger partial charge in [-0.1, -0.05) is 21.1 Å². The van der Waals surface area contributed by atoms with Gasteiger partial charge in [-0.05, 0) is 42.5 Å². The van der Waals surface area contributed by atoms with Gasteiger partial charge in [0.15, 0.2) is 0 Å². The second kappa shape index (κ2) is 5.05. The number of benzene rings is 2. The van der Waals surface area contributed by atoms with E-state index in [1.807, 2.05) is 0 Å². The zero-order chi connectivity index (χ0) is 14.1. The molecule has 4 nitrogen and oxygen atoms in total. The van der Waals surface area contributed by atoms with Gasteiger partial charge in [0.1, 0.15) is 5.82 Å². The molecule has 100 valence electrons. The summed E-state index contributed by atoms with van der Waals surface area (Å²) >= 11 is 3.23. The number of anilines is 1. The number of rotatable bonds is 2. The van der Waals surface area contributed by atoms with Crippen molar-refractivity contribution in [1.29, 1.82) is 0 Å². The molecule has 0 radical (unpaired) electrons. The molecule has 0 unspecified atom stereocenters. The van der Waals surface area contributed by atoms with Crippen molar-refractivity contribution in [3.63, 3.8) is 0 Å². The Labute approximate surface area is 122 Å². The van der Waals surface area contributed by atoms with Crippen molar-refractivity contribution in [1.82, 2.24) is 10.1 Å². The first kappa shape index (κ1) is 12.8. The highest BCUT2D eigenvalue weighted by atomic mass is 79.9. The molecule has 1 heterocycles. The quantitative estimate of drug-likeness (QED) is 0.722. The first-order valence-electron chi connectivity index (χ1n) is 5.78. The van der Waals surface area contributed by atoms with E-state index >= 15 is 0 Å². The summed E-state index contributed by atoms with van der Waals surface area (Å²) in [5, 5.41) is 3.86. The van der Waals surface area contributed by atoms with Crippen molar-refractivity contribution in [2.75, 3.05) is 5.73 Å². The van der Waals surface area contributed by atoms with Gasteiger partial charge in [0.2, 0.25) is 5.82 Å². The number of hydrogen-bond acceptors (Lipinski definition) is 4. The largest absolute Gasteiger partial charge is 0.399 e. The van der Waals surface area contributed by atoms with E-state index in [-0.39, 0.29) is 5.82 Å². The Hall–Kier alpha value is -2.21. The summed E-state index contributed by atoms with van der Waals surface area (Å²) in [7, 11) is 0. The molecule has 0 saturated heterocycles. The van der Waals surface area contributed by atoms with E-state index in [0.29, 0.717) is 27.4 Å². The van der Waals surface area contributed by atoms with Crippen molar-refractivity contribution >= 4 is 21.6 Å². The lowest BCUT2D eigenvalue weighted by atomic mass is 10.2. The van der Waals surface area contributed by atoms with Gasteiger partial charge in [-0.2, -0.15) is 4.98 Å². The highest BCUT2D eigenvalue weighted by molar-refractivity contribution is 9.10. The molecule has 2 N–H and O–H groups in total. The third-order valence-electron chi connectivity index (χ3n) is 2.70. The Bertz CT molecular complexity index is 735. The van der Waals surface area contributed by atoms with Gasteiger partial charge in [0.25, 0.3) is 5.89 Å². The van der Waals surface area contributed by atoms with E-state index in [9.17, 15) is 4.39 Å². The van der Waals surface area contributed by atoms with Gasteiger partial charge in [-0.15, -0.1) is 0 Å². The molecule has 0 aliphatic heterocycles. The standard InChI is InChI=1S/C14H9BrFN3O/c15-10-5-9(6-11(16)7-10)13-18-14(20-19-13)8-1-3-12(17)4-2-8/h1-7H,17H2. The average molecular weight is 334 g/mol. The van der Waals surface area contributed by atoms with Crippen LogP contribution >= 0.6 is 15.9 Å². The fourth-order valence-electron chi connectivity index (χ4n) is 1.77. The predicted octanol–water partition coefficient (Wildman–Crippen LogP) is 3.89. The zero-order valence-electron chi connectivity index (χ0n) is 10.2. The summed E-state index contributed by atoms with van der Waals surface area (Å²) in [6.45, 7) is 0. The minimum absolute atomic E-state index is 0.331. The third kappa shape index (κ3) is 2.55. The van der Waals surface area contributed by atoms with Crippen LogP contribution < -0.4 is 5.73 Å². The van der Waals surface area contributed by atoms with Gasteiger partial charge >= 0.3 is 0 Å². The normalized spacial score (nSPS) is 10.7. The molecule has 3 aromatic rings. The Morgan fingerprint density at radius 1 is 1.05 bits per heavy atom. The zero-order valence-corrected chi connectivity index (χ0v) is 11.8. The maximum absolute atomic E-state index is 13.4. The number of nitrogens with zero attached hydrogens (tertiary/aromatic N) is 2. The second-order valence-corrected chi connectivity index (χ2v) is 5.12. The number of nitrogens with two attached hydrogens (primary N) is 1. The number of halogens is 2. The summed E-state index contributed by atoms with van der Waals surface area (Å²) in [5.74, 6) is 0.325. The fourth-order valence-corrected chi connectivity index (χ4v) is 2.23. The molecule has 20 heavy (non-hydrogen) atoms. The number of nitrogen functional groups attached to an aromatic ring is 1. The van der Waals surface area contributed by atoms with E-state index in [1.54, 1.807) is 30.3 Å². The van der Waals surface area contributed by atoms with Crippen LogP contribution in [0.1, 0.15) is 0 Å². The molecular weight excluding hydrogens is 325 g/mol. The Morgan fingerprint density at radius 3 is 2.50 bits per heavy atom. The monoisotopic (exact) mass is 333 g/mol. The van der Waals surface area contributed by atoms with Crippen molar-refractivity contribution in [2.24, 2.45) is 0 Å². The second-order valence-electron chi connectivity index (χ2n) is 4.20. The van der Waals surface area contributed by atoms with Gasteiger partial charge in [-0.25, -0.2) is 4.39 Å². The lowest BCUT2D eigenvalue weighted by Crippen LogP contribution is -1.85. The fraction of sp³-hybridized carbons (Fsp3) is 0. The van der Waals surface area contributed by atoms with Gasteiger partial charge in [0.05, 0.1) is 0 Å². The molecule has 0 atom stereocenters. The minimum atomic E-state index is -0.367. The molecule has 0 aliphatic rings. The Morgan fingerprint density at radius 2 is 1.80 bits per heavy atom. The lowest BCUT2D eigenvalue weighted by Gasteiger charge is -1.97. The summed E-state index contributed by atoms with van der Waals surface area (Å²) < 4.78 is 19.2. The molecule has 0 amide bonds. The Kier molecular flexibility index (Phi) is 3.23. The van der Waals surface area contributed by atoms with Crippen LogP contribution in [0.5, 0.6) is 0 Å². The molecule has 1 aromatic heterocycles. The van der Waals surface area contributed by atoms with Crippen molar-refractivity contribution < 1.29 is 8.91 Å². The first-order chi connectivity index (χ1) is 9.61. The van der Waals surface area contributed by atoms with Gasteiger partial charge in [0, 0.05) is 21.3 Å². The summed E-state index contributed by atoms with van der Waals surface area (Å²) in [4.78, 5) is 4.26. The van der Waals surface area contributed by atoms with Crippen LogP contribution in [0.2, 0.25) is 0 Å². The summed E-state index contributed by atoms with van der Waals surface area (Å²) in [6, 6.07) is 11.5.